The molecule has 4 amide bonds. The van der Waals surface area contributed by atoms with Crippen molar-refractivity contribution < 1.29 is 32.4 Å². The summed E-state index contributed by atoms with van der Waals surface area (Å²) in [6.07, 6.45) is 0.402. The topological polar surface area (TPSA) is 168 Å². The van der Waals surface area contributed by atoms with Crippen molar-refractivity contribution in [1.82, 2.24) is 15.4 Å². The van der Waals surface area contributed by atoms with E-state index in [9.17, 15) is 32.4 Å². The zero-order valence-corrected chi connectivity index (χ0v) is 19.3. The van der Waals surface area contributed by atoms with Crippen molar-refractivity contribution in [1.29, 1.82) is 0 Å². The largest absolute Gasteiger partial charge is 0.344 e. The van der Waals surface area contributed by atoms with Crippen LogP contribution in [0.1, 0.15) is 39.7 Å². The van der Waals surface area contributed by atoms with Gasteiger partial charge in [-0.2, -0.15) is 0 Å². The van der Waals surface area contributed by atoms with Gasteiger partial charge >= 0.3 is 11.8 Å². The number of hydrogen-bond acceptors (Lipinski definition) is 7. The Balaban J connectivity index is 2.71. The minimum atomic E-state index is -3.82. The molecular formula is C20H28N4O7S. The molecule has 0 bridgehead atoms. The first-order valence-corrected chi connectivity index (χ1v) is 11.5. The average Bonchev–Trinajstić information content (AvgIpc) is 2.65. The van der Waals surface area contributed by atoms with E-state index < -0.39 is 52.2 Å². The second kappa shape index (κ2) is 10.8. The van der Waals surface area contributed by atoms with E-state index in [-0.39, 0.29) is 11.7 Å². The van der Waals surface area contributed by atoms with Crippen molar-refractivity contribution in [2.24, 2.45) is 0 Å². The van der Waals surface area contributed by atoms with Gasteiger partial charge in [-0.3, -0.25) is 23.9 Å². The molecule has 11 nitrogen and oxygen atoms in total. The molecule has 0 aliphatic heterocycles. The predicted octanol–water partition coefficient (Wildman–Crippen LogP) is -0.423. The maximum Gasteiger partial charge on any atom is 0.313 e. The fourth-order valence-corrected chi connectivity index (χ4v) is 3.14. The van der Waals surface area contributed by atoms with Gasteiger partial charge in [-0.15, -0.1) is 0 Å². The molecule has 0 aliphatic carbocycles. The highest BCUT2D eigenvalue weighted by atomic mass is 32.2. The monoisotopic (exact) mass is 468 g/mol. The van der Waals surface area contributed by atoms with Crippen molar-refractivity contribution in [3.63, 3.8) is 0 Å². The molecule has 4 N–H and O–H groups in total. The van der Waals surface area contributed by atoms with E-state index >= 15 is 0 Å². The molecule has 2 unspecified atom stereocenters. The highest BCUT2D eigenvalue weighted by molar-refractivity contribution is 7.89. The Morgan fingerprint density at radius 2 is 1.62 bits per heavy atom. The minimum absolute atomic E-state index is 0.254. The van der Waals surface area contributed by atoms with Gasteiger partial charge in [0.2, 0.25) is 21.8 Å². The van der Waals surface area contributed by atoms with Crippen molar-refractivity contribution in [2.45, 2.75) is 51.6 Å². The second-order valence-electron chi connectivity index (χ2n) is 8.20. The number of nitrogens with one attached hydrogen (secondary N) is 4. The lowest BCUT2D eigenvalue weighted by atomic mass is 9.86. The molecule has 12 heteroatoms. The summed E-state index contributed by atoms with van der Waals surface area (Å²) in [5.74, 6) is -3.89. The van der Waals surface area contributed by atoms with Crippen molar-refractivity contribution in [3.05, 3.63) is 29.8 Å². The number of rotatable bonds is 8. The van der Waals surface area contributed by atoms with Crippen LogP contribution in [0, 0.1) is 0 Å². The number of sulfonamides is 1. The molecule has 0 radical (unpaired) electrons. The van der Waals surface area contributed by atoms with Gasteiger partial charge in [0.15, 0.2) is 0 Å². The average molecular weight is 469 g/mol. The number of carbonyl (C=O) groups excluding carboxylic acids is 5. The van der Waals surface area contributed by atoms with Crippen molar-refractivity contribution in [3.8, 4) is 0 Å². The highest BCUT2D eigenvalue weighted by Crippen LogP contribution is 2.29. The Hall–Kier alpha value is -3.28. The smallest absolute Gasteiger partial charge is 0.313 e. The third kappa shape index (κ3) is 8.84. The van der Waals surface area contributed by atoms with Gasteiger partial charge in [-0.25, -0.2) is 8.42 Å². The Bertz CT molecular complexity index is 999. The molecule has 0 aliphatic rings. The summed E-state index contributed by atoms with van der Waals surface area (Å²) in [7, 11) is -3.82. The molecule has 0 saturated carbocycles. The van der Waals surface area contributed by atoms with Crippen LogP contribution in [0.4, 0.5) is 5.69 Å². The van der Waals surface area contributed by atoms with Crippen molar-refractivity contribution >= 4 is 45.6 Å². The first kappa shape index (κ1) is 26.8. The van der Waals surface area contributed by atoms with Crippen LogP contribution in [0.3, 0.4) is 0 Å². The van der Waals surface area contributed by atoms with Crippen LogP contribution < -0.4 is 20.7 Å². The van der Waals surface area contributed by atoms with Crippen LogP contribution in [0.25, 0.3) is 0 Å². The SMILES string of the molecule is CC(NC(=O)C(=O)Nc1ccccc1C(C)(C)C)C(=O)NC(C=O)CC(=O)NS(C)(=O)=O. The normalized spacial score (nSPS) is 13.3. The molecule has 1 aromatic carbocycles. The number of anilines is 1. The van der Waals surface area contributed by atoms with E-state index in [2.05, 4.69) is 16.0 Å². The van der Waals surface area contributed by atoms with Crippen LogP contribution in [0.15, 0.2) is 24.3 Å². The number of amides is 4. The Morgan fingerprint density at radius 3 is 2.16 bits per heavy atom. The minimum Gasteiger partial charge on any atom is -0.344 e. The molecule has 0 saturated heterocycles. The van der Waals surface area contributed by atoms with Crippen molar-refractivity contribution in [2.75, 3.05) is 11.6 Å². The summed E-state index contributed by atoms with van der Waals surface area (Å²) in [6.45, 7) is 7.13. The molecule has 0 spiro atoms. The van der Waals surface area contributed by atoms with Crippen LogP contribution in [0.5, 0.6) is 0 Å². The summed E-state index contributed by atoms with van der Waals surface area (Å²) in [5, 5.41) is 6.91. The first-order chi connectivity index (χ1) is 14.6. The van der Waals surface area contributed by atoms with Gasteiger partial charge in [-0.1, -0.05) is 39.0 Å². The second-order valence-corrected chi connectivity index (χ2v) is 9.95. The number of aldehydes is 1. The molecule has 2 atom stereocenters. The quantitative estimate of drug-likeness (QED) is 0.297. The van der Waals surface area contributed by atoms with E-state index in [0.29, 0.717) is 5.69 Å². The molecule has 32 heavy (non-hydrogen) atoms. The van der Waals surface area contributed by atoms with E-state index in [0.717, 1.165) is 11.8 Å². The van der Waals surface area contributed by atoms with Gasteiger partial charge in [-0.05, 0) is 24.0 Å². The lowest BCUT2D eigenvalue weighted by molar-refractivity contribution is -0.138. The molecule has 0 fully saturated rings. The zero-order valence-electron chi connectivity index (χ0n) is 18.5. The summed E-state index contributed by atoms with van der Waals surface area (Å²) >= 11 is 0. The third-order valence-electron chi connectivity index (χ3n) is 4.13. The third-order valence-corrected chi connectivity index (χ3v) is 4.73. The number of carbonyl (C=O) groups is 5. The van der Waals surface area contributed by atoms with Crippen LogP contribution in [-0.4, -0.2) is 56.7 Å². The lowest BCUT2D eigenvalue weighted by Crippen LogP contribution is -2.51. The van der Waals surface area contributed by atoms with Gasteiger partial charge in [0, 0.05) is 5.69 Å². The predicted molar refractivity (Wildman–Crippen MR) is 117 cm³/mol. The lowest BCUT2D eigenvalue weighted by Gasteiger charge is -2.23. The van der Waals surface area contributed by atoms with Gasteiger partial charge < -0.3 is 20.7 Å². The van der Waals surface area contributed by atoms with Crippen LogP contribution >= 0.6 is 0 Å². The zero-order chi connectivity index (χ0) is 24.7. The fourth-order valence-electron chi connectivity index (χ4n) is 2.64. The van der Waals surface area contributed by atoms with Crippen LogP contribution in [-0.2, 0) is 39.4 Å². The van der Waals surface area contributed by atoms with Crippen LogP contribution in [0.2, 0.25) is 0 Å². The maximum absolute atomic E-state index is 12.3. The Morgan fingerprint density at radius 1 is 1.03 bits per heavy atom. The van der Waals surface area contributed by atoms with E-state index in [4.69, 9.17) is 0 Å². The number of para-hydroxylation sites is 1. The molecule has 1 rings (SSSR count). The fraction of sp³-hybridized carbons (Fsp3) is 0.450. The van der Waals surface area contributed by atoms with Gasteiger partial charge in [0.05, 0.1) is 18.7 Å². The van der Waals surface area contributed by atoms with Gasteiger partial charge in [0.1, 0.15) is 12.3 Å². The number of benzene rings is 1. The highest BCUT2D eigenvalue weighted by Gasteiger charge is 2.25. The molecular weight excluding hydrogens is 440 g/mol. The molecule has 0 aromatic heterocycles. The maximum atomic E-state index is 12.3. The van der Waals surface area contributed by atoms with E-state index in [1.807, 2.05) is 32.9 Å². The molecule has 1 aromatic rings. The summed E-state index contributed by atoms with van der Waals surface area (Å²) in [4.78, 5) is 59.4. The Labute approximate surface area is 186 Å². The van der Waals surface area contributed by atoms with Gasteiger partial charge in [0.25, 0.3) is 0 Å². The molecule has 0 heterocycles. The van der Waals surface area contributed by atoms with E-state index in [1.54, 1.807) is 16.9 Å². The van der Waals surface area contributed by atoms with E-state index in [1.165, 1.54) is 6.92 Å². The summed E-state index contributed by atoms with van der Waals surface area (Å²) in [5.41, 5.74) is 0.976. The first-order valence-electron chi connectivity index (χ1n) is 9.61. The molecule has 176 valence electrons. The number of hydrogen-bond donors (Lipinski definition) is 4. The Kier molecular flexibility index (Phi) is 9.07. The standard InChI is InChI=1S/C20H28N4O7S/c1-12(17(27)22-13(11-25)10-16(26)24-32(5,30)31)21-18(28)19(29)23-15-9-7-6-8-14(15)20(2,3)4/h6-9,11-13H,10H2,1-5H3,(H,21,28)(H,22,27)(H,23,29)(H,24,26). The summed E-state index contributed by atoms with van der Waals surface area (Å²) < 4.78 is 23.8. The summed E-state index contributed by atoms with van der Waals surface area (Å²) in [6, 6.07) is 4.45.